The van der Waals surface area contributed by atoms with E-state index in [1.807, 2.05) is 0 Å². The molecule has 1 N–H and O–H groups in total. The van der Waals surface area contributed by atoms with Crippen molar-refractivity contribution < 1.29 is 27.8 Å². The van der Waals surface area contributed by atoms with Crippen LogP contribution in [0.1, 0.15) is 27.7 Å². The van der Waals surface area contributed by atoms with Crippen molar-refractivity contribution >= 4 is 6.09 Å². The lowest BCUT2D eigenvalue weighted by Crippen LogP contribution is -2.45. The first-order chi connectivity index (χ1) is 7.47. The summed E-state index contributed by atoms with van der Waals surface area (Å²) < 4.78 is 41.3. The van der Waals surface area contributed by atoms with Gasteiger partial charge in [0, 0.05) is 6.54 Å². The van der Waals surface area contributed by atoms with Gasteiger partial charge in [-0.15, -0.1) is 0 Å². The summed E-state index contributed by atoms with van der Waals surface area (Å²) in [6, 6.07) is 0. The van der Waals surface area contributed by atoms with Crippen molar-refractivity contribution in [3.63, 3.8) is 0 Å². The fourth-order valence-electron chi connectivity index (χ4n) is 0.971. The second-order valence-corrected chi connectivity index (χ2v) is 4.58. The van der Waals surface area contributed by atoms with E-state index in [1.165, 1.54) is 6.92 Å². The number of aliphatic hydroxyl groups excluding tert-OH is 1. The van der Waals surface area contributed by atoms with E-state index < -0.39 is 30.5 Å². The van der Waals surface area contributed by atoms with Crippen LogP contribution in [0.2, 0.25) is 0 Å². The molecular formula is C10H18F3NO3. The molecule has 0 aromatic carbocycles. The van der Waals surface area contributed by atoms with Gasteiger partial charge in [0.15, 0.2) is 6.10 Å². The Bertz CT molecular complexity index is 261. The van der Waals surface area contributed by atoms with Gasteiger partial charge in [0.05, 0.1) is 6.54 Å². The van der Waals surface area contributed by atoms with E-state index in [2.05, 4.69) is 0 Å². The van der Waals surface area contributed by atoms with Crippen molar-refractivity contribution in [2.75, 3.05) is 13.1 Å². The molecule has 0 heterocycles. The normalized spacial score (nSPS) is 14.4. The Morgan fingerprint density at radius 1 is 1.35 bits per heavy atom. The van der Waals surface area contributed by atoms with Gasteiger partial charge in [-0.25, -0.2) is 4.79 Å². The van der Waals surface area contributed by atoms with Gasteiger partial charge in [-0.3, -0.25) is 0 Å². The van der Waals surface area contributed by atoms with Crippen molar-refractivity contribution in [3.05, 3.63) is 0 Å². The first-order valence-corrected chi connectivity index (χ1v) is 5.20. The maximum absolute atomic E-state index is 12.1. The molecule has 0 radical (unpaired) electrons. The van der Waals surface area contributed by atoms with Gasteiger partial charge in [0.2, 0.25) is 0 Å². The lowest BCUT2D eigenvalue weighted by molar-refractivity contribution is -0.207. The van der Waals surface area contributed by atoms with Crippen LogP contribution >= 0.6 is 0 Å². The standard InChI is InChI=1S/C10H18F3NO3/c1-5-14(6-7(15)10(11,12)13)8(16)17-9(2,3)4/h7,15H,5-6H2,1-4H3. The van der Waals surface area contributed by atoms with E-state index in [-0.39, 0.29) is 6.54 Å². The number of carbonyl (C=O) groups excluding carboxylic acids is 1. The van der Waals surface area contributed by atoms with Gasteiger partial charge in [0.25, 0.3) is 0 Å². The predicted molar refractivity (Wildman–Crippen MR) is 55.5 cm³/mol. The Balaban J connectivity index is 4.49. The summed E-state index contributed by atoms with van der Waals surface area (Å²) in [5.74, 6) is 0. The summed E-state index contributed by atoms with van der Waals surface area (Å²) in [6.45, 7) is 5.54. The summed E-state index contributed by atoms with van der Waals surface area (Å²) >= 11 is 0. The number of alkyl halides is 3. The summed E-state index contributed by atoms with van der Waals surface area (Å²) in [4.78, 5) is 12.3. The monoisotopic (exact) mass is 257 g/mol. The van der Waals surface area contributed by atoms with Crippen molar-refractivity contribution in [1.29, 1.82) is 0 Å². The number of ether oxygens (including phenoxy) is 1. The molecule has 0 saturated carbocycles. The highest BCUT2D eigenvalue weighted by Crippen LogP contribution is 2.21. The number of aliphatic hydroxyl groups is 1. The Morgan fingerprint density at radius 2 is 1.82 bits per heavy atom. The molecule has 1 unspecified atom stereocenters. The zero-order chi connectivity index (χ0) is 13.9. The lowest BCUT2D eigenvalue weighted by atomic mass is 10.2. The highest BCUT2D eigenvalue weighted by atomic mass is 19.4. The average molecular weight is 257 g/mol. The molecule has 0 rings (SSSR count). The largest absolute Gasteiger partial charge is 0.444 e. The van der Waals surface area contributed by atoms with Crippen molar-refractivity contribution in [2.24, 2.45) is 0 Å². The number of halogens is 3. The SMILES string of the molecule is CCN(CC(O)C(F)(F)F)C(=O)OC(C)(C)C. The minimum Gasteiger partial charge on any atom is -0.444 e. The molecule has 102 valence electrons. The summed E-state index contributed by atoms with van der Waals surface area (Å²) in [6.07, 6.45) is -8.17. The van der Waals surface area contributed by atoms with Gasteiger partial charge in [-0.05, 0) is 27.7 Å². The fraction of sp³-hybridized carbons (Fsp3) is 0.900. The number of nitrogens with zero attached hydrogens (tertiary/aromatic N) is 1. The Kier molecular flexibility index (Phi) is 5.25. The van der Waals surface area contributed by atoms with Gasteiger partial charge in [0.1, 0.15) is 5.60 Å². The summed E-state index contributed by atoms with van der Waals surface area (Å²) in [5, 5.41) is 8.86. The van der Waals surface area contributed by atoms with Crippen LogP contribution in [0.4, 0.5) is 18.0 Å². The quantitative estimate of drug-likeness (QED) is 0.843. The molecular weight excluding hydrogens is 239 g/mol. The Morgan fingerprint density at radius 3 is 2.12 bits per heavy atom. The minimum atomic E-state index is -4.74. The molecule has 0 spiro atoms. The second kappa shape index (κ2) is 5.57. The number of hydrogen-bond acceptors (Lipinski definition) is 3. The first-order valence-electron chi connectivity index (χ1n) is 5.20. The van der Waals surface area contributed by atoms with Gasteiger partial charge < -0.3 is 14.7 Å². The zero-order valence-electron chi connectivity index (χ0n) is 10.3. The molecule has 1 atom stereocenters. The molecule has 1 amide bonds. The van der Waals surface area contributed by atoms with Crippen LogP contribution in [0.5, 0.6) is 0 Å². The molecule has 0 bridgehead atoms. The molecule has 0 aliphatic rings. The molecule has 4 nitrogen and oxygen atoms in total. The van der Waals surface area contributed by atoms with Gasteiger partial charge in [-0.2, -0.15) is 13.2 Å². The van der Waals surface area contributed by atoms with E-state index in [0.29, 0.717) is 0 Å². The highest BCUT2D eigenvalue weighted by molar-refractivity contribution is 5.68. The smallest absolute Gasteiger partial charge is 0.416 e. The van der Waals surface area contributed by atoms with Crippen LogP contribution in [-0.2, 0) is 4.74 Å². The summed E-state index contributed by atoms with van der Waals surface area (Å²) in [7, 11) is 0. The minimum absolute atomic E-state index is 0.0298. The predicted octanol–water partition coefficient (Wildman–Crippen LogP) is 2.17. The molecule has 0 aromatic heterocycles. The zero-order valence-corrected chi connectivity index (χ0v) is 10.3. The van der Waals surface area contributed by atoms with Crippen molar-refractivity contribution in [1.82, 2.24) is 4.90 Å². The van der Waals surface area contributed by atoms with Crippen LogP contribution < -0.4 is 0 Å². The van der Waals surface area contributed by atoms with Crippen LogP contribution in [0, 0.1) is 0 Å². The number of amides is 1. The molecule has 0 aromatic rings. The lowest BCUT2D eigenvalue weighted by Gasteiger charge is -2.28. The highest BCUT2D eigenvalue weighted by Gasteiger charge is 2.40. The molecule has 0 aliphatic carbocycles. The Labute approximate surface area is 98.3 Å². The van der Waals surface area contributed by atoms with Gasteiger partial charge >= 0.3 is 12.3 Å². The van der Waals surface area contributed by atoms with Crippen molar-refractivity contribution in [2.45, 2.75) is 45.6 Å². The van der Waals surface area contributed by atoms with Gasteiger partial charge in [-0.1, -0.05) is 0 Å². The van der Waals surface area contributed by atoms with Crippen molar-refractivity contribution in [3.8, 4) is 0 Å². The number of hydrogen-bond donors (Lipinski definition) is 1. The third kappa shape index (κ3) is 6.35. The number of likely N-dealkylation sites (N-methyl/N-ethyl adjacent to an activating group) is 1. The van der Waals surface area contributed by atoms with E-state index in [0.717, 1.165) is 4.90 Å². The second-order valence-electron chi connectivity index (χ2n) is 4.58. The van der Waals surface area contributed by atoms with Crippen LogP contribution in [0.15, 0.2) is 0 Å². The third-order valence-electron chi connectivity index (χ3n) is 1.80. The van der Waals surface area contributed by atoms with Crippen LogP contribution in [-0.4, -0.2) is 47.1 Å². The van der Waals surface area contributed by atoms with E-state index >= 15 is 0 Å². The maximum atomic E-state index is 12.1. The molecule has 0 aliphatic heterocycles. The van der Waals surface area contributed by atoms with Crippen LogP contribution in [0.3, 0.4) is 0 Å². The van der Waals surface area contributed by atoms with E-state index in [4.69, 9.17) is 9.84 Å². The molecule has 0 saturated heterocycles. The number of carbonyl (C=O) groups is 1. The maximum Gasteiger partial charge on any atom is 0.416 e. The molecule has 17 heavy (non-hydrogen) atoms. The van der Waals surface area contributed by atoms with E-state index in [1.54, 1.807) is 20.8 Å². The van der Waals surface area contributed by atoms with Crippen LogP contribution in [0.25, 0.3) is 0 Å². The Hall–Kier alpha value is -0.980. The number of rotatable bonds is 3. The molecule has 0 fully saturated rings. The third-order valence-corrected chi connectivity index (χ3v) is 1.80. The topological polar surface area (TPSA) is 49.8 Å². The van der Waals surface area contributed by atoms with E-state index in [9.17, 15) is 18.0 Å². The summed E-state index contributed by atoms with van der Waals surface area (Å²) in [5.41, 5.74) is -0.784. The average Bonchev–Trinajstić information content (AvgIpc) is 2.08. The fourth-order valence-corrected chi connectivity index (χ4v) is 0.971. The molecule has 7 heteroatoms. The first kappa shape index (κ1) is 16.0.